The van der Waals surface area contributed by atoms with Gasteiger partial charge >= 0.3 is 5.97 Å². The first-order valence-electron chi connectivity index (χ1n) is 7.56. The number of thiazole rings is 1. The second-order valence-electron chi connectivity index (χ2n) is 5.91. The molecule has 3 rings (SSSR count). The number of hydrogen-bond donors (Lipinski definition) is 1. The van der Waals surface area contributed by atoms with Gasteiger partial charge in [-0.05, 0) is 31.5 Å². The van der Waals surface area contributed by atoms with Crippen LogP contribution in [0.1, 0.15) is 18.5 Å². The quantitative estimate of drug-likeness (QED) is 0.873. The van der Waals surface area contributed by atoms with E-state index in [1.54, 1.807) is 24.3 Å². The Hall–Kier alpha value is -1.77. The molecule has 6 nitrogen and oxygen atoms in total. The highest BCUT2D eigenvalue weighted by molar-refractivity contribution is 7.90. The van der Waals surface area contributed by atoms with Crippen LogP contribution in [0.2, 0.25) is 0 Å². The van der Waals surface area contributed by atoms with E-state index in [2.05, 4.69) is 4.98 Å². The molecule has 1 aliphatic rings. The highest BCUT2D eigenvalue weighted by Crippen LogP contribution is 2.27. The molecule has 2 heterocycles. The normalized spacial score (nSPS) is 18.8. The van der Waals surface area contributed by atoms with Crippen LogP contribution in [-0.2, 0) is 21.2 Å². The van der Waals surface area contributed by atoms with Gasteiger partial charge < -0.3 is 5.11 Å². The summed E-state index contributed by atoms with van der Waals surface area (Å²) in [4.78, 5) is 18.0. The van der Waals surface area contributed by atoms with Crippen LogP contribution in [0.5, 0.6) is 0 Å². The SMILES string of the molecule is CS(=O)(=O)c1ccc(-c2nc(CN3CCCC3C(=O)O)cs2)cc1. The lowest BCUT2D eigenvalue weighted by Crippen LogP contribution is -2.35. The van der Waals surface area contributed by atoms with Crippen LogP contribution in [0.15, 0.2) is 34.5 Å². The zero-order valence-electron chi connectivity index (χ0n) is 13.2. The van der Waals surface area contributed by atoms with Crippen LogP contribution in [0, 0.1) is 0 Å². The molecule has 1 saturated heterocycles. The lowest BCUT2D eigenvalue weighted by atomic mass is 10.2. The molecule has 0 bridgehead atoms. The number of carboxylic acids is 1. The molecule has 0 aliphatic carbocycles. The molecule has 0 radical (unpaired) electrons. The van der Waals surface area contributed by atoms with Crippen molar-refractivity contribution in [1.82, 2.24) is 9.88 Å². The number of carbonyl (C=O) groups is 1. The minimum atomic E-state index is -3.21. The zero-order valence-corrected chi connectivity index (χ0v) is 14.8. The number of hydrogen-bond acceptors (Lipinski definition) is 6. The smallest absolute Gasteiger partial charge is 0.320 e. The minimum Gasteiger partial charge on any atom is -0.480 e. The van der Waals surface area contributed by atoms with Gasteiger partial charge in [0.15, 0.2) is 9.84 Å². The minimum absolute atomic E-state index is 0.282. The van der Waals surface area contributed by atoms with Crippen molar-refractivity contribution in [2.75, 3.05) is 12.8 Å². The number of carboxylic acid groups (broad SMARTS) is 1. The van der Waals surface area contributed by atoms with Crippen LogP contribution >= 0.6 is 11.3 Å². The Bertz CT molecular complexity index is 843. The van der Waals surface area contributed by atoms with Gasteiger partial charge in [0, 0.05) is 23.7 Å². The third-order valence-corrected chi connectivity index (χ3v) is 6.16. The summed E-state index contributed by atoms with van der Waals surface area (Å²) in [6.07, 6.45) is 2.75. The molecule has 1 atom stereocenters. The third-order valence-electron chi connectivity index (χ3n) is 4.09. The fraction of sp³-hybridized carbons (Fsp3) is 0.375. The second-order valence-corrected chi connectivity index (χ2v) is 8.78. The summed E-state index contributed by atoms with van der Waals surface area (Å²) in [5.74, 6) is -0.778. The van der Waals surface area contributed by atoms with E-state index in [1.165, 1.54) is 17.6 Å². The molecular weight excluding hydrogens is 348 g/mol. The van der Waals surface area contributed by atoms with Crippen LogP contribution in [-0.4, -0.2) is 48.2 Å². The molecule has 2 aromatic rings. The maximum absolute atomic E-state index is 11.5. The Morgan fingerprint density at radius 2 is 2.08 bits per heavy atom. The lowest BCUT2D eigenvalue weighted by Gasteiger charge is -2.19. The summed E-state index contributed by atoms with van der Waals surface area (Å²) in [6, 6.07) is 6.22. The van der Waals surface area contributed by atoms with E-state index in [-0.39, 0.29) is 4.90 Å². The second kappa shape index (κ2) is 6.62. The van der Waals surface area contributed by atoms with Crippen molar-refractivity contribution in [2.45, 2.75) is 30.3 Å². The molecule has 24 heavy (non-hydrogen) atoms. The summed E-state index contributed by atoms with van der Waals surface area (Å²) >= 11 is 1.47. The first-order valence-corrected chi connectivity index (χ1v) is 10.3. The number of rotatable bonds is 5. The maximum atomic E-state index is 11.5. The van der Waals surface area contributed by atoms with Gasteiger partial charge in [0.05, 0.1) is 10.6 Å². The number of benzene rings is 1. The fourth-order valence-electron chi connectivity index (χ4n) is 2.86. The van der Waals surface area contributed by atoms with Crippen molar-refractivity contribution in [3.8, 4) is 10.6 Å². The Morgan fingerprint density at radius 1 is 1.38 bits per heavy atom. The maximum Gasteiger partial charge on any atom is 0.320 e. The molecule has 1 fully saturated rings. The number of aliphatic carboxylic acids is 1. The van der Waals surface area contributed by atoms with Gasteiger partial charge in [-0.1, -0.05) is 12.1 Å². The van der Waals surface area contributed by atoms with E-state index < -0.39 is 21.8 Å². The van der Waals surface area contributed by atoms with Gasteiger partial charge in [-0.15, -0.1) is 11.3 Å². The van der Waals surface area contributed by atoms with Gasteiger partial charge in [0.25, 0.3) is 0 Å². The van der Waals surface area contributed by atoms with Crippen molar-refractivity contribution in [2.24, 2.45) is 0 Å². The summed E-state index contributed by atoms with van der Waals surface area (Å²) in [5, 5.41) is 12.0. The third kappa shape index (κ3) is 3.66. The molecule has 1 aliphatic heterocycles. The van der Waals surface area contributed by atoms with E-state index >= 15 is 0 Å². The molecule has 0 spiro atoms. The number of nitrogens with zero attached hydrogens (tertiary/aromatic N) is 2. The van der Waals surface area contributed by atoms with E-state index in [4.69, 9.17) is 0 Å². The van der Waals surface area contributed by atoms with Crippen molar-refractivity contribution in [3.05, 3.63) is 35.3 Å². The molecule has 1 aromatic heterocycles. The first kappa shape index (κ1) is 17.1. The van der Waals surface area contributed by atoms with Crippen molar-refractivity contribution in [3.63, 3.8) is 0 Å². The Balaban J connectivity index is 1.75. The Labute approximate surface area is 144 Å². The van der Waals surface area contributed by atoms with Crippen LogP contribution in [0.4, 0.5) is 0 Å². The number of likely N-dealkylation sites (tertiary alicyclic amines) is 1. The van der Waals surface area contributed by atoms with Crippen LogP contribution in [0.3, 0.4) is 0 Å². The number of sulfone groups is 1. The molecule has 1 N–H and O–H groups in total. The van der Waals surface area contributed by atoms with E-state index in [9.17, 15) is 18.3 Å². The van der Waals surface area contributed by atoms with E-state index in [1.807, 2.05) is 10.3 Å². The monoisotopic (exact) mass is 366 g/mol. The zero-order chi connectivity index (χ0) is 17.3. The Kier molecular flexibility index (Phi) is 4.71. The first-order chi connectivity index (χ1) is 11.3. The molecule has 1 unspecified atom stereocenters. The predicted molar refractivity (Wildman–Crippen MR) is 91.7 cm³/mol. The summed E-state index contributed by atoms with van der Waals surface area (Å²) in [6.45, 7) is 1.29. The number of aromatic nitrogens is 1. The average molecular weight is 366 g/mol. The van der Waals surface area contributed by atoms with Crippen molar-refractivity contribution < 1.29 is 18.3 Å². The molecular formula is C16H18N2O4S2. The van der Waals surface area contributed by atoms with Gasteiger partial charge in [0.1, 0.15) is 11.0 Å². The molecule has 128 valence electrons. The summed E-state index contributed by atoms with van der Waals surface area (Å²) < 4.78 is 23.0. The van der Waals surface area contributed by atoms with Gasteiger partial charge in [-0.3, -0.25) is 9.69 Å². The standard InChI is InChI=1S/C16H18N2O4S2/c1-24(21,22)13-6-4-11(5-7-13)15-17-12(10-23-15)9-18-8-2-3-14(18)16(19)20/h4-7,10,14H,2-3,8-9H2,1H3,(H,19,20). The molecule has 0 saturated carbocycles. The molecule has 0 amide bonds. The van der Waals surface area contributed by atoms with Gasteiger partial charge in [-0.2, -0.15) is 0 Å². The predicted octanol–water partition coefficient (Wildman–Crippen LogP) is 2.26. The summed E-state index contributed by atoms with van der Waals surface area (Å²) in [5.41, 5.74) is 1.70. The summed E-state index contributed by atoms with van der Waals surface area (Å²) in [7, 11) is -3.21. The fourth-order valence-corrected chi connectivity index (χ4v) is 4.31. The van der Waals surface area contributed by atoms with Crippen LogP contribution < -0.4 is 0 Å². The van der Waals surface area contributed by atoms with Crippen molar-refractivity contribution in [1.29, 1.82) is 0 Å². The highest BCUT2D eigenvalue weighted by atomic mass is 32.2. The van der Waals surface area contributed by atoms with Gasteiger partial charge in [-0.25, -0.2) is 13.4 Å². The highest BCUT2D eigenvalue weighted by Gasteiger charge is 2.30. The molecule has 8 heteroatoms. The average Bonchev–Trinajstić information content (AvgIpc) is 3.16. The van der Waals surface area contributed by atoms with Crippen LogP contribution in [0.25, 0.3) is 10.6 Å². The topological polar surface area (TPSA) is 87.6 Å². The lowest BCUT2D eigenvalue weighted by molar-refractivity contribution is -0.142. The Morgan fingerprint density at radius 3 is 2.71 bits per heavy atom. The van der Waals surface area contributed by atoms with Gasteiger partial charge in [0.2, 0.25) is 0 Å². The molecule has 1 aromatic carbocycles. The van der Waals surface area contributed by atoms with E-state index in [0.717, 1.165) is 29.2 Å². The largest absolute Gasteiger partial charge is 0.480 e. The van der Waals surface area contributed by atoms with Crippen molar-refractivity contribution >= 4 is 27.1 Å². The van der Waals surface area contributed by atoms with E-state index in [0.29, 0.717) is 13.0 Å².